The van der Waals surface area contributed by atoms with Crippen LogP contribution in [0.4, 0.5) is 5.69 Å². The number of halogens is 1. The highest BCUT2D eigenvalue weighted by Gasteiger charge is 2.70. The lowest BCUT2D eigenvalue weighted by Crippen LogP contribution is -2.66. The van der Waals surface area contributed by atoms with Crippen LogP contribution in [0.25, 0.3) is 0 Å². The number of carbonyl (C=O) groups is 1. The van der Waals surface area contributed by atoms with Crippen molar-refractivity contribution in [2.24, 2.45) is 38.8 Å². The molecule has 4 N–H and O–H groups in total. The molecule has 1 saturated heterocycles. The maximum Gasteiger partial charge on any atom is 0.524 e. The zero-order valence-electron chi connectivity index (χ0n) is 26.1. The fraction of sp³-hybridized carbons (Fsp3) is 0.531. The minimum Gasteiger partial charge on any atom is -0.401 e. The molecule has 3 saturated carbocycles. The van der Waals surface area contributed by atoms with Gasteiger partial charge in [0.05, 0.1) is 23.0 Å². The first kappa shape index (κ1) is 33.2. The van der Waals surface area contributed by atoms with E-state index in [1.54, 1.807) is 12.1 Å². The number of nitro benzene ring substituents is 1. The molecule has 0 aromatic heterocycles. The number of non-ortho nitro benzene ring substituents is 1. The fourth-order valence-electron chi connectivity index (χ4n) is 8.15. The molecule has 13 heteroatoms. The van der Waals surface area contributed by atoms with Crippen LogP contribution in [0.1, 0.15) is 64.0 Å². The zero-order valence-corrected chi connectivity index (χ0v) is 26.9. The molecule has 4 fully saturated rings. The van der Waals surface area contributed by atoms with Crippen LogP contribution in [0.2, 0.25) is 0 Å². The smallest absolute Gasteiger partial charge is 0.401 e. The van der Waals surface area contributed by atoms with Crippen molar-refractivity contribution < 1.29 is 23.6 Å². The molecule has 2 aromatic rings. The maximum absolute atomic E-state index is 12.9. The molecule has 1 amide bonds. The van der Waals surface area contributed by atoms with Crippen LogP contribution in [0.3, 0.4) is 0 Å². The van der Waals surface area contributed by atoms with Gasteiger partial charge in [-0.15, -0.1) is 17.0 Å². The topological polar surface area (TPSA) is 155 Å². The van der Waals surface area contributed by atoms with Gasteiger partial charge in [0.1, 0.15) is 0 Å². The van der Waals surface area contributed by atoms with Crippen molar-refractivity contribution >= 4 is 42.8 Å². The SMILES string of the molecule is CC1(C)C2CC3OB(C(CCCCN)[N+]4(CC(N)=O)N=C(c5cccc([N+](=O)[O-])c5)N=C4Cc4ccccc4)OC3(C)C1C2.Cl. The van der Waals surface area contributed by atoms with Crippen molar-refractivity contribution in [1.29, 1.82) is 0 Å². The third-order valence-corrected chi connectivity index (χ3v) is 10.7. The number of hydrogen-bond donors (Lipinski definition) is 2. The molecule has 0 radical (unpaired) electrons. The fourth-order valence-corrected chi connectivity index (χ4v) is 8.15. The van der Waals surface area contributed by atoms with Crippen LogP contribution in [-0.2, 0) is 20.5 Å². The Morgan fingerprint density at radius 1 is 1.16 bits per heavy atom. The number of benzene rings is 2. The normalized spacial score (nSPS) is 30.0. The van der Waals surface area contributed by atoms with E-state index in [0.717, 1.165) is 31.2 Å². The highest BCUT2D eigenvalue weighted by atomic mass is 35.5. The van der Waals surface area contributed by atoms with Gasteiger partial charge in [-0.2, -0.15) is 4.99 Å². The van der Waals surface area contributed by atoms with Crippen molar-refractivity contribution in [2.45, 2.75) is 76.9 Å². The van der Waals surface area contributed by atoms with E-state index in [9.17, 15) is 14.9 Å². The number of nitrogens with zero attached hydrogens (tertiary/aromatic N) is 4. The molecule has 5 aliphatic rings. The predicted molar refractivity (Wildman–Crippen MR) is 176 cm³/mol. The Morgan fingerprint density at radius 3 is 2.58 bits per heavy atom. The van der Waals surface area contributed by atoms with Crippen LogP contribution in [0, 0.1) is 27.4 Å². The Labute approximate surface area is 270 Å². The Hall–Kier alpha value is -3.16. The summed E-state index contributed by atoms with van der Waals surface area (Å²) in [5, 5.41) is 16.8. The number of unbranched alkanes of at least 4 members (excludes halogenated alkanes) is 1. The maximum atomic E-state index is 12.9. The van der Waals surface area contributed by atoms with Gasteiger partial charge in [-0.05, 0) is 62.0 Å². The second kappa shape index (κ2) is 12.6. The van der Waals surface area contributed by atoms with E-state index >= 15 is 0 Å². The molecular weight excluding hydrogens is 595 g/mol. The predicted octanol–water partition coefficient (Wildman–Crippen LogP) is 4.40. The molecule has 45 heavy (non-hydrogen) atoms. The van der Waals surface area contributed by atoms with Gasteiger partial charge < -0.3 is 20.8 Å². The third kappa shape index (κ3) is 5.83. The van der Waals surface area contributed by atoms with E-state index in [1.165, 1.54) is 12.1 Å². The number of carbonyl (C=O) groups excluding carboxylic acids is 1. The summed E-state index contributed by atoms with van der Waals surface area (Å²) in [6.07, 6.45) is 4.53. The zero-order chi connectivity index (χ0) is 31.3. The summed E-state index contributed by atoms with van der Waals surface area (Å²) < 4.78 is 13.6. The van der Waals surface area contributed by atoms with Crippen LogP contribution < -0.4 is 11.5 Å². The Balaban J connectivity index is 0.00000400. The number of amidine groups is 2. The van der Waals surface area contributed by atoms with Crippen molar-refractivity contribution in [1.82, 2.24) is 0 Å². The molecule has 7 rings (SSSR count). The number of aliphatic imine (C=N–C) groups is 1. The highest BCUT2D eigenvalue weighted by molar-refractivity contribution is 6.47. The quantitative estimate of drug-likeness (QED) is 0.116. The van der Waals surface area contributed by atoms with E-state index in [4.69, 9.17) is 30.9 Å². The molecule has 6 atom stereocenters. The number of quaternary nitrogens is 1. The molecular formula is C32H43BClN6O5+. The molecule has 6 unspecified atom stereocenters. The average molecular weight is 638 g/mol. The Kier molecular flexibility index (Phi) is 9.27. The summed E-state index contributed by atoms with van der Waals surface area (Å²) in [6.45, 7) is 7.20. The minimum absolute atomic E-state index is 0. The standard InChI is InChI=1S/C32H41BN6O5.ClH/c1-31(2)23-18-25(31)32(3)26(19-23)43-33(44-32)27(14-7-8-15-34)39(20-28(35)40)29(16-21-10-5-4-6-11-21)36-30(37-39)22-12-9-13-24(17-22)38(41)42;/h4-6,9-13,17,23,25-27H,7-8,14-16,18-20,34H2,1-3H3,(H-,35,40);1H/p+1. The molecule has 2 bridgehead atoms. The summed E-state index contributed by atoms with van der Waals surface area (Å²) >= 11 is 0. The second-order valence-electron chi connectivity index (χ2n) is 13.6. The molecule has 11 nitrogen and oxygen atoms in total. The van der Waals surface area contributed by atoms with Gasteiger partial charge in [-0.3, -0.25) is 14.9 Å². The van der Waals surface area contributed by atoms with Crippen LogP contribution >= 0.6 is 12.4 Å². The van der Waals surface area contributed by atoms with E-state index in [2.05, 4.69) is 20.8 Å². The first-order valence-electron chi connectivity index (χ1n) is 15.6. The molecule has 240 valence electrons. The number of hydrogen-bond acceptors (Lipinski definition) is 8. The molecule has 3 aliphatic carbocycles. The van der Waals surface area contributed by atoms with Gasteiger partial charge in [-0.25, -0.2) is 0 Å². The summed E-state index contributed by atoms with van der Waals surface area (Å²) in [5.41, 5.74) is 13.0. The van der Waals surface area contributed by atoms with Gasteiger partial charge in [-0.1, -0.05) is 61.4 Å². The summed E-state index contributed by atoms with van der Waals surface area (Å²) in [4.78, 5) is 29.1. The van der Waals surface area contributed by atoms with Gasteiger partial charge in [0, 0.05) is 24.1 Å². The first-order valence-corrected chi connectivity index (χ1v) is 15.6. The van der Waals surface area contributed by atoms with Gasteiger partial charge >= 0.3 is 7.12 Å². The second-order valence-corrected chi connectivity index (χ2v) is 13.6. The van der Waals surface area contributed by atoms with E-state index < -0.39 is 29.5 Å². The van der Waals surface area contributed by atoms with E-state index in [-0.39, 0.29) is 40.8 Å². The monoisotopic (exact) mass is 637 g/mol. The summed E-state index contributed by atoms with van der Waals surface area (Å²) in [7, 11) is -0.661. The number of rotatable bonds is 12. The molecule has 2 heterocycles. The number of amides is 1. The Bertz CT molecular complexity index is 1510. The summed E-state index contributed by atoms with van der Waals surface area (Å²) in [5.74, 6) is 0.885. The average Bonchev–Trinajstić information content (AvgIpc) is 3.52. The van der Waals surface area contributed by atoms with Crippen LogP contribution in [-0.4, -0.2) is 64.9 Å². The van der Waals surface area contributed by atoms with Crippen molar-refractivity contribution in [3.05, 3.63) is 75.8 Å². The van der Waals surface area contributed by atoms with E-state index in [0.29, 0.717) is 48.5 Å². The molecule has 0 spiro atoms. The molecule has 2 aromatic carbocycles. The molecule has 2 aliphatic heterocycles. The number of nitro groups is 1. The van der Waals surface area contributed by atoms with Crippen molar-refractivity contribution in [3.63, 3.8) is 0 Å². The highest BCUT2D eigenvalue weighted by Crippen LogP contribution is 2.66. The lowest BCUT2D eigenvalue weighted by molar-refractivity contribution is -0.854. The van der Waals surface area contributed by atoms with Crippen LogP contribution in [0.5, 0.6) is 0 Å². The van der Waals surface area contributed by atoms with Gasteiger partial charge in [0.2, 0.25) is 11.7 Å². The van der Waals surface area contributed by atoms with Crippen LogP contribution in [0.15, 0.2) is 64.7 Å². The number of nitrogens with two attached hydrogens (primary N) is 2. The third-order valence-electron chi connectivity index (χ3n) is 10.7. The van der Waals surface area contributed by atoms with Crippen molar-refractivity contribution in [2.75, 3.05) is 13.1 Å². The minimum atomic E-state index is -0.661. The summed E-state index contributed by atoms with van der Waals surface area (Å²) in [6, 6.07) is 16.1. The van der Waals surface area contributed by atoms with Gasteiger partial charge in [0.15, 0.2) is 12.5 Å². The first-order chi connectivity index (χ1) is 21.0. The van der Waals surface area contributed by atoms with Gasteiger partial charge in [0.25, 0.3) is 11.6 Å². The lowest BCUT2D eigenvalue weighted by Gasteiger charge is -2.64. The number of primary amides is 1. The lowest BCUT2D eigenvalue weighted by atomic mass is 9.43. The van der Waals surface area contributed by atoms with Crippen molar-refractivity contribution in [3.8, 4) is 0 Å². The van der Waals surface area contributed by atoms with E-state index in [1.807, 2.05) is 30.3 Å². The Morgan fingerprint density at radius 2 is 1.91 bits per heavy atom. The largest absolute Gasteiger partial charge is 0.524 e.